The summed E-state index contributed by atoms with van der Waals surface area (Å²) in [4.78, 5) is 0. The largest absolute Gasteiger partial charge is 0.393 e. The van der Waals surface area contributed by atoms with Crippen LogP contribution in [0.5, 0.6) is 0 Å². The topological polar surface area (TPSA) is 40.5 Å². The van der Waals surface area contributed by atoms with Crippen molar-refractivity contribution >= 4 is 0 Å². The van der Waals surface area contributed by atoms with Gasteiger partial charge in [0.2, 0.25) is 0 Å². The van der Waals surface area contributed by atoms with Gasteiger partial charge in [-0.15, -0.1) is 0 Å². The second-order valence-electron chi connectivity index (χ2n) is 11.7. The van der Waals surface area contributed by atoms with Crippen molar-refractivity contribution in [2.75, 3.05) is 0 Å². The van der Waals surface area contributed by atoms with E-state index >= 15 is 0 Å². The van der Waals surface area contributed by atoms with Crippen LogP contribution in [0.4, 0.5) is 0 Å². The lowest BCUT2D eigenvalue weighted by molar-refractivity contribution is -0.0251. The van der Waals surface area contributed by atoms with Crippen molar-refractivity contribution in [3.63, 3.8) is 0 Å². The van der Waals surface area contributed by atoms with Crippen molar-refractivity contribution < 1.29 is 10.2 Å². The predicted molar refractivity (Wildman–Crippen MR) is 120 cm³/mol. The maximum atomic E-state index is 11.0. The summed E-state index contributed by atoms with van der Waals surface area (Å²) in [5.74, 6) is 3.05. The zero-order valence-corrected chi connectivity index (χ0v) is 19.5. The summed E-state index contributed by atoms with van der Waals surface area (Å²) in [6.45, 7) is 11.6. The van der Waals surface area contributed by atoms with Crippen molar-refractivity contribution in [2.45, 2.75) is 105 Å². The van der Waals surface area contributed by atoms with Crippen LogP contribution in [0.2, 0.25) is 0 Å². The first-order chi connectivity index (χ1) is 13.7. The van der Waals surface area contributed by atoms with E-state index in [1.807, 2.05) is 0 Å². The van der Waals surface area contributed by atoms with Gasteiger partial charge in [-0.3, -0.25) is 0 Å². The molecule has 0 aromatic carbocycles. The first-order valence-corrected chi connectivity index (χ1v) is 12.5. The summed E-state index contributed by atoms with van der Waals surface area (Å²) >= 11 is 0. The molecule has 164 valence electrons. The van der Waals surface area contributed by atoms with Gasteiger partial charge in [0.15, 0.2) is 0 Å². The molecule has 0 saturated heterocycles. The molecule has 0 aliphatic heterocycles. The number of hydrogen-bond acceptors (Lipinski definition) is 2. The molecule has 0 amide bonds. The van der Waals surface area contributed by atoms with Gasteiger partial charge in [-0.05, 0) is 92.8 Å². The first-order valence-electron chi connectivity index (χ1n) is 12.5. The van der Waals surface area contributed by atoms with E-state index in [0.29, 0.717) is 29.1 Å². The van der Waals surface area contributed by atoms with E-state index in [0.717, 1.165) is 31.6 Å². The van der Waals surface area contributed by atoms with E-state index in [2.05, 4.69) is 46.8 Å². The van der Waals surface area contributed by atoms with E-state index in [1.165, 1.54) is 37.7 Å². The van der Waals surface area contributed by atoms with Gasteiger partial charge in [0.25, 0.3) is 0 Å². The Morgan fingerprint density at radius 1 is 1.00 bits per heavy atom. The summed E-state index contributed by atoms with van der Waals surface area (Å²) in [7, 11) is 0. The SMILES string of the molecule is CC(C)C(O)CC[C@@H](C)[C@H]1CC[C@H]2C3=CC=C4CCC[C@H](O)[C@]4(C)[C@H]3CC[C@]12C. The average Bonchev–Trinajstić information content (AvgIpc) is 3.04. The number of rotatable bonds is 5. The fourth-order valence-corrected chi connectivity index (χ4v) is 8.00. The molecule has 3 saturated carbocycles. The van der Waals surface area contributed by atoms with Gasteiger partial charge in [-0.2, -0.15) is 0 Å². The van der Waals surface area contributed by atoms with Gasteiger partial charge in [0, 0.05) is 5.41 Å². The Morgan fingerprint density at radius 2 is 1.76 bits per heavy atom. The first kappa shape index (κ1) is 21.6. The van der Waals surface area contributed by atoms with Crippen LogP contribution in [-0.4, -0.2) is 22.4 Å². The Kier molecular flexibility index (Phi) is 5.84. The number of fused-ring (bicyclic) bond motifs is 5. The van der Waals surface area contributed by atoms with Gasteiger partial charge in [0.1, 0.15) is 0 Å². The Labute approximate surface area is 178 Å². The van der Waals surface area contributed by atoms with Crippen molar-refractivity contribution in [3.05, 3.63) is 23.3 Å². The van der Waals surface area contributed by atoms with E-state index in [9.17, 15) is 10.2 Å². The van der Waals surface area contributed by atoms with Crippen molar-refractivity contribution in [1.82, 2.24) is 0 Å². The van der Waals surface area contributed by atoms with E-state index in [-0.39, 0.29) is 17.6 Å². The molecule has 4 aliphatic rings. The Morgan fingerprint density at radius 3 is 2.48 bits per heavy atom. The molecule has 2 heteroatoms. The zero-order chi connectivity index (χ0) is 21.0. The van der Waals surface area contributed by atoms with Gasteiger partial charge in [-0.1, -0.05) is 57.9 Å². The molecule has 4 aliphatic carbocycles. The van der Waals surface area contributed by atoms with Crippen molar-refractivity contribution in [2.24, 2.45) is 40.4 Å². The molecular weight excluding hydrogens is 356 g/mol. The molecule has 2 nitrogen and oxygen atoms in total. The van der Waals surface area contributed by atoms with Crippen molar-refractivity contribution in [3.8, 4) is 0 Å². The molecule has 0 aromatic rings. The molecule has 8 atom stereocenters. The van der Waals surface area contributed by atoms with Crippen LogP contribution < -0.4 is 0 Å². The van der Waals surface area contributed by atoms with Crippen LogP contribution >= 0.6 is 0 Å². The average molecular weight is 401 g/mol. The van der Waals surface area contributed by atoms with E-state index < -0.39 is 0 Å². The highest BCUT2D eigenvalue weighted by molar-refractivity contribution is 5.39. The Balaban J connectivity index is 1.54. The number of aliphatic hydroxyl groups excluding tert-OH is 2. The molecule has 0 bridgehead atoms. The van der Waals surface area contributed by atoms with Crippen LogP contribution in [0.15, 0.2) is 23.3 Å². The predicted octanol–water partition coefficient (Wildman–Crippen LogP) is 6.28. The number of aliphatic hydroxyl groups is 2. The number of allylic oxidation sites excluding steroid dienone is 3. The van der Waals surface area contributed by atoms with Crippen molar-refractivity contribution in [1.29, 1.82) is 0 Å². The highest BCUT2D eigenvalue weighted by Gasteiger charge is 2.58. The highest BCUT2D eigenvalue weighted by atomic mass is 16.3. The fourth-order valence-electron chi connectivity index (χ4n) is 8.00. The molecule has 29 heavy (non-hydrogen) atoms. The van der Waals surface area contributed by atoms with E-state index in [4.69, 9.17) is 0 Å². The third-order valence-electron chi connectivity index (χ3n) is 10.1. The van der Waals surface area contributed by atoms with Crippen LogP contribution in [-0.2, 0) is 0 Å². The monoisotopic (exact) mass is 400 g/mol. The quantitative estimate of drug-likeness (QED) is 0.570. The molecule has 3 fully saturated rings. The third-order valence-corrected chi connectivity index (χ3v) is 10.1. The maximum Gasteiger partial charge on any atom is 0.0636 e. The van der Waals surface area contributed by atoms with E-state index in [1.54, 1.807) is 5.57 Å². The summed E-state index contributed by atoms with van der Waals surface area (Å²) in [6.07, 6.45) is 15.1. The van der Waals surface area contributed by atoms with Crippen LogP contribution in [0.25, 0.3) is 0 Å². The lowest BCUT2D eigenvalue weighted by Crippen LogP contribution is -2.50. The highest BCUT2D eigenvalue weighted by Crippen LogP contribution is 2.66. The second-order valence-corrected chi connectivity index (χ2v) is 11.7. The normalized spacial score (nSPS) is 43.7. The fraction of sp³-hybridized carbons (Fsp3) is 0.852. The minimum atomic E-state index is -0.172. The minimum Gasteiger partial charge on any atom is -0.393 e. The minimum absolute atomic E-state index is 0.0191. The van der Waals surface area contributed by atoms with Crippen LogP contribution in [0, 0.1) is 40.4 Å². The molecule has 0 radical (unpaired) electrons. The summed E-state index contributed by atoms with van der Waals surface area (Å²) in [6, 6.07) is 0. The van der Waals surface area contributed by atoms with Gasteiger partial charge in [0.05, 0.1) is 12.2 Å². The molecule has 0 aromatic heterocycles. The molecule has 4 rings (SSSR count). The standard InChI is InChI=1S/C27H44O2/c1-17(2)24(28)14-9-18(3)21-12-13-22-20-11-10-19-7-6-8-25(29)27(19,5)23(20)15-16-26(21,22)4/h10-11,17-18,21-25,28-29H,6-9,12-16H2,1-5H3/t18-,21-,22+,23+,24?,25+,26-,27+/m1/s1. The summed E-state index contributed by atoms with van der Waals surface area (Å²) < 4.78 is 0. The lowest BCUT2D eigenvalue weighted by Gasteiger charge is -2.56. The van der Waals surface area contributed by atoms with Crippen LogP contribution in [0.3, 0.4) is 0 Å². The molecular formula is C27H44O2. The molecule has 1 unspecified atom stereocenters. The summed E-state index contributed by atoms with van der Waals surface area (Å²) in [5, 5.41) is 21.3. The van der Waals surface area contributed by atoms with Gasteiger partial charge >= 0.3 is 0 Å². The maximum absolute atomic E-state index is 11.0. The lowest BCUT2D eigenvalue weighted by atomic mass is 9.49. The van der Waals surface area contributed by atoms with Crippen LogP contribution in [0.1, 0.15) is 92.4 Å². The van der Waals surface area contributed by atoms with Gasteiger partial charge in [-0.25, -0.2) is 0 Å². The molecule has 2 N–H and O–H groups in total. The smallest absolute Gasteiger partial charge is 0.0636 e. The summed E-state index contributed by atoms with van der Waals surface area (Å²) in [5.41, 5.74) is 3.56. The Bertz CT molecular complexity index is 676. The third kappa shape index (κ3) is 3.37. The molecule has 0 spiro atoms. The molecule has 0 heterocycles. The zero-order valence-electron chi connectivity index (χ0n) is 19.5. The van der Waals surface area contributed by atoms with Gasteiger partial charge < -0.3 is 10.2 Å². The Hall–Kier alpha value is -0.600. The number of hydrogen-bond donors (Lipinski definition) is 2. The second kappa shape index (κ2) is 7.83.